The van der Waals surface area contributed by atoms with Crippen LogP contribution in [0.4, 0.5) is 39.5 Å². The number of alkyl halides is 9. The van der Waals surface area contributed by atoms with Crippen LogP contribution in [0.15, 0.2) is 0 Å². The monoisotopic (exact) mass is 338 g/mol. The van der Waals surface area contributed by atoms with Crippen LogP contribution in [0.3, 0.4) is 0 Å². The lowest BCUT2D eigenvalue weighted by Crippen LogP contribution is -2.23. The van der Waals surface area contributed by atoms with Crippen LogP contribution in [0.1, 0.15) is 12.8 Å². The first-order valence-electron chi connectivity index (χ1n) is 4.59. The molecule has 0 aromatic carbocycles. The summed E-state index contributed by atoms with van der Waals surface area (Å²) in [5, 5.41) is 7.53. The minimum Gasteiger partial charge on any atom is -0.481 e. The van der Waals surface area contributed by atoms with E-state index in [4.69, 9.17) is 5.11 Å². The summed E-state index contributed by atoms with van der Waals surface area (Å²) < 4.78 is 104. The SMILES string of the molecule is O=C(CC(F)(F)F)OCC(F)(F)F.O=C(O)CC(F)(F)F. The molecule has 1 N–H and O–H groups in total. The van der Waals surface area contributed by atoms with E-state index in [2.05, 4.69) is 4.74 Å². The third-order valence-corrected chi connectivity index (χ3v) is 1.09. The van der Waals surface area contributed by atoms with Gasteiger partial charge in [-0.3, -0.25) is 9.59 Å². The fourth-order valence-electron chi connectivity index (χ4n) is 0.548. The highest BCUT2D eigenvalue weighted by molar-refractivity contribution is 5.70. The Morgan fingerprint density at radius 2 is 1.14 bits per heavy atom. The molecule has 0 saturated carbocycles. The Morgan fingerprint density at radius 1 is 0.762 bits per heavy atom. The molecule has 0 amide bonds. The molecular weight excluding hydrogens is 331 g/mol. The zero-order valence-electron chi connectivity index (χ0n) is 9.69. The van der Waals surface area contributed by atoms with Crippen molar-refractivity contribution in [3.05, 3.63) is 0 Å². The third kappa shape index (κ3) is 23.8. The van der Waals surface area contributed by atoms with E-state index in [-0.39, 0.29) is 0 Å². The van der Waals surface area contributed by atoms with Crippen LogP contribution < -0.4 is 0 Å². The molecule has 0 aromatic heterocycles. The van der Waals surface area contributed by atoms with Crippen molar-refractivity contribution in [2.75, 3.05) is 6.61 Å². The third-order valence-electron chi connectivity index (χ3n) is 1.09. The number of rotatable bonds is 3. The summed E-state index contributed by atoms with van der Waals surface area (Å²) in [6.07, 6.45) is -18.0. The number of halogens is 9. The Hall–Kier alpha value is -1.69. The van der Waals surface area contributed by atoms with Crippen LogP contribution in [-0.2, 0) is 14.3 Å². The Kier molecular flexibility index (Phi) is 8.15. The van der Waals surface area contributed by atoms with Gasteiger partial charge in [-0.05, 0) is 0 Å². The molecule has 0 bridgehead atoms. The van der Waals surface area contributed by atoms with E-state index in [0.717, 1.165) is 0 Å². The molecule has 0 rings (SSSR count). The number of carboxylic acids is 1. The van der Waals surface area contributed by atoms with Crippen molar-refractivity contribution in [3.63, 3.8) is 0 Å². The highest BCUT2D eigenvalue weighted by Gasteiger charge is 2.35. The van der Waals surface area contributed by atoms with Gasteiger partial charge in [0.2, 0.25) is 0 Å². The molecule has 0 spiro atoms. The Morgan fingerprint density at radius 3 is 1.33 bits per heavy atom. The summed E-state index contributed by atoms with van der Waals surface area (Å²) in [5.41, 5.74) is 0. The van der Waals surface area contributed by atoms with Crippen LogP contribution >= 0.6 is 0 Å². The summed E-state index contributed by atoms with van der Waals surface area (Å²) in [5.74, 6) is -3.79. The Labute approximate surface area is 110 Å². The van der Waals surface area contributed by atoms with Gasteiger partial charge in [0.05, 0.1) is 0 Å². The van der Waals surface area contributed by atoms with Crippen molar-refractivity contribution in [3.8, 4) is 0 Å². The van der Waals surface area contributed by atoms with Crippen molar-refractivity contribution in [1.82, 2.24) is 0 Å². The predicted octanol–water partition coefficient (Wildman–Crippen LogP) is 3.07. The highest BCUT2D eigenvalue weighted by atomic mass is 19.4. The maximum Gasteiger partial charge on any atom is 0.422 e. The van der Waals surface area contributed by atoms with Crippen molar-refractivity contribution in [1.29, 1.82) is 0 Å². The molecule has 0 heterocycles. The maximum atomic E-state index is 11.3. The van der Waals surface area contributed by atoms with E-state index >= 15 is 0 Å². The zero-order valence-corrected chi connectivity index (χ0v) is 9.69. The number of hydrogen-bond donors (Lipinski definition) is 1. The van der Waals surface area contributed by atoms with Gasteiger partial charge in [0.25, 0.3) is 0 Å². The number of aliphatic carboxylic acids is 1. The maximum absolute atomic E-state index is 11.3. The molecule has 0 unspecified atom stereocenters. The number of ether oxygens (including phenoxy) is 1. The highest BCUT2D eigenvalue weighted by Crippen LogP contribution is 2.21. The van der Waals surface area contributed by atoms with Crippen molar-refractivity contribution >= 4 is 11.9 Å². The van der Waals surface area contributed by atoms with Crippen molar-refractivity contribution in [2.45, 2.75) is 31.4 Å². The molecule has 0 aliphatic heterocycles. The van der Waals surface area contributed by atoms with Gasteiger partial charge in [0, 0.05) is 0 Å². The predicted molar refractivity (Wildman–Crippen MR) is 46.0 cm³/mol. The van der Waals surface area contributed by atoms with Gasteiger partial charge < -0.3 is 9.84 Å². The summed E-state index contributed by atoms with van der Waals surface area (Å²) in [6.45, 7) is -2.00. The molecule has 0 aliphatic carbocycles. The number of carbonyl (C=O) groups is 2. The van der Waals surface area contributed by atoms with Gasteiger partial charge in [0.15, 0.2) is 6.61 Å². The lowest BCUT2D eigenvalue weighted by molar-refractivity contribution is -0.198. The van der Waals surface area contributed by atoms with E-state index in [1.54, 1.807) is 0 Å². The van der Waals surface area contributed by atoms with E-state index in [0.29, 0.717) is 0 Å². The van der Waals surface area contributed by atoms with Crippen LogP contribution in [0.2, 0.25) is 0 Å². The van der Waals surface area contributed by atoms with E-state index in [9.17, 15) is 49.1 Å². The molecular formula is C8H7F9O4. The van der Waals surface area contributed by atoms with Gasteiger partial charge >= 0.3 is 30.5 Å². The van der Waals surface area contributed by atoms with Gasteiger partial charge in [-0.1, -0.05) is 0 Å². The summed E-state index contributed by atoms with van der Waals surface area (Å²) in [6, 6.07) is 0. The summed E-state index contributed by atoms with van der Waals surface area (Å²) in [7, 11) is 0. The van der Waals surface area contributed by atoms with Crippen molar-refractivity contribution < 1.29 is 58.9 Å². The first kappa shape index (κ1) is 21.6. The number of hydrogen-bond acceptors (Lipinski definition) is 3. The van der Waals surface area contributed by atoms with Crippen LogP contribution in [0.5, 0.6) is 0 Å². The van der Waals surface area contributed by atoms with Gasteiger partial charge in [-0.15, -0.1) is 0 Å². The lowest BCUT2D eigenvalue weighted by atomic mass is 10.4. The molecule has 0 fully saturated rings. The fraction of sp³-hybridized carbons (Fsp3) is 0.750. The Bertz CT molecular complexity index is 341. The second-order valence-electron chi connectivity index (χ2n) is 3.25. The van der Waals surface area contributed by atoms with Crippen LogP contribution in [-0.4, -0.2) is 42.2 Å². The average Bonchev–Trinajstić information content (AvgIpc) is 2.07. The zero-order chi connectivity index (χ0) is 17.5. The molecule has 13 heteroatoms. The number of carboxylic acid groups (broad SMARTS) is 1. The molecule has 21 heavy (non-hydrogen) atoms. The fourth-order valence-corrected chi connectivity index (χ4v) is 0.548. The number of esters is 1. The smallest absolute Gasteiger partial charge is 0.422 e. The van der Waals surface area contributed by atoms with Gasteiger partial charge in [-0.2, -0.15) is 39.5 Å². The summed E-state index contributed by atoms with van der Waals surface area (Å²) >= 11 is 0. The van der Waals surface area contributed by atoms with Gasteiger partial charge in [0.1, 0.15) is 12.8 Å². The molecule has 0 aliphatic rings. The van der Waals surface area contributed by atoms with E-state index in [1.165, 1.54) is 0 Å². The first-order valence-corrected chi connectivity index (χ1v) is 4.59. The lowest BCUT2D eigenvalue weighted by Gasteiger charge is -2.08. The molecule has 0 saturated heterocycles. The summed E-state index contributed by atoms with van der Waals surface area (Å²) in [4.78, 5) is 19.4. The topological polar surface area (TPSA) is 63.6 Å². The molecule has 0 radical (unpaired) electrons. The Balaban J connectivity index is 0. The average molecular weight is 338 g/mol. The minimum atomic E-state index is -4.84. The molecule has 126 valence electrons. The quantitative estimate of drug-likeness (QED) is 0.635. The van der Waals surface area contributed by atoms with Crippen molar-refractivity contribution in [2.24, 2.45) is 0 Å². The largest absolute Gasteiger partial charge is 0.481 e. The second kappa shape index (κ2) is 7.93. The normalized spacial score (nSPS) is 12.2. The van der Waals surface area contributed by atoms with E-state index < -0.39 is 49.9 Å². The van der Waals surface area contributed by atoms with E-state index in [1.807, 2.05) is 0 Å². The molecule has 0 atom stereocenters. The van der Waals surface area contributed by atoms with Crippen LogP contribution in [0, 0.1) is 0 Å². The number of carbonyl (C=O) groups excluding carboxylic acids is 1. The first-order chi connectivity index (χ1) is 9.02. The van der Waals surface area contributed by atoms with Crippen LogP contribution in [0.25, 0.3) is 0 Å². The molecule has 4 nitrogen and oxygen atoms in total. The molecule has 0 aromatic rings. The minimum absolute atomic E-state index is 1.76. The standard InChI is InChI=1S/C5H4F6O2.C3H3F3O2/c6-4(7,8)1-3(12)13-2-5(9,10)11;4-3(5,6)1-2(7)8/h1-2H2;1H2,(H,7,8). The van der Waals surface area contributed by atoms with Gasteiger partial charge in [-0.25, -0.2) is 0 Å². The second-order valence-corrected chi connectivity index (χ2v) is 3.25.